The molecule has 9 heteroatoms. The van der Waals surface area contributed by atoms with Crippen molar-refractivity contribution in [3.05, 3.63) is 56.8 Å². The second-order valence-corrected chi connectivity index (χ2v) is 7.44. The highest BCUT2D eigenvalue weighted by Gasteiger charge is 2.26. The number of hydrogen-bond donors (Lipinski definition) is 1. The molecule has 148 valence electrons. The number of carbonyl (C=O) groups is 2. The number of thiophene rings is 1. The molecule has 0 spiro atoms. The molecule has 2 heterocycles. The van der Waals surface area contributed by atoms with Crippen LogP contribution in [0.15, 0.2) is 41.1 Å². The van der Waals surface area contributed by atoms with Crippen LogP contribution in [0.25, 0.3) is 0 Å². The van der Waals surface area contributed by atoms with Crippen molar-refractivity contribution >= 4 is 34.5 Å². The molecule has 28 heavy (non-hydrogen) atoms. The minimum absolute atomic E-state index is 0.0195. The van der Waals surface area contributed by atoms with Gasteiger partial charge in [0.15, 0.2) is 0 Å². The molecule has 8 nitrogen and oxygen atoms in total. The minimum Gasteiger partial charge on any atom is -0.337 e. The summed E-state index contributed by atoms with van der Waals surface area (Å²) < 4.78 is 0. The minimum atomic E-state index is -0.478. The largest absolute Gasteiger partial charge is 0.337 e. The number of rotatable bonds is 5. The van der Waals surface area contributed by atoms with E-state index in [0.29, 0.717) is 30.9 Å². The summed E-state index contributed by atoms with van der Waals surface area (Å²) in [7, 11) is 0. The highest BCUT2D eigenvalue weighted by Crippen LogP contribution is 2.17. The molecule has 1 aromatic carbocycles. The van der Waals surface area contributed by atoms with Crippen LogP contribution in [0.3, 0.4) is 0 Å². The summed E-state index contributed by atoms with van der Waals surface area (Å²) in [5, 5.41) is 17.3. The lowest BCUT2D eigenvalue weighted by Gasteiger charge is -2.27. The lowest BCUT2D eigenvalue weighted by Crippen LogP contribution is -2.44. The van der Waals surface area contributed by atoms with Gasteiger partial charge in [0.2, 0.25) is 5.91 Å². The van der Waals surface area contributed by atoms with Gasteiger partial charge in [-0.2, -0.15) is 11.3 Å². The number of non-ortho nitro benzene ring substituents is 1. The predicted molar refractivity (Wildman–Crippen MR) is 108 cm³/mol. The van der Waals surface area contributed by atoms with E-state index in [9.17, 15) is 19.7 Å². The zero-order valence-electron chi connectivity index (χ0n) is 15.5. The summed E-state index contributed by atoms with van der Waals surface area (Å²) in [5.74, 6) is -0.141. The summed E-state index contributed by atoms with van der Waals surface area (Å²) >= 11 is 1.50. The van der Waals surface area contributed by atoms with Crippen LogP contribution in [0.4, 0.5) is 11.4 Å². The Bertz CT molecular complexity index is 838. The normalized spacial score (nSPS) is 16.2. The van der Waals surface area contributed by atoms with Gasteiger partial charge in [-0.1, -0.05) is 0 Å². The van der Waals surface area contributed by atoms with Gasteiger partial charge < -0.3 is 10.2 Å². The molecule has 2 amide bonds. The van der Waals surface area contributed by atoms with Crippen LogP contribution in [-0.4, -0.2) is 58.8 Å². The average molecular weight is 402 g/mol. The van der Waals surface area contributed by atoms with Crippen LogP contribution in [0.5, 0.6) is 0 Å². The van der Waals surface area contributed by atoms with Crippen LogP contribution in [0.2, 0.25) is 0 Å². The Balaban J connectivity index is 1.56. The second-order valence-electron chi connectivity index (χ2n) is 6.66. The molecule has 0 aliphatic carbocycles. The summed E-state index contributed by atoms with van der Waals surface area (Å²) in [6.45, 7) is 4.41. The molecule has 1 aliphatic heterocycles. The van der Waals surface area contributed by atoms with Gasteiger partial charge in [0.05, 0.1) is 16.5 Å². The van der Waals surface area contributed by atoms with Crippen LogP contribution in [0, 0.1) is 10.1 Å². The maximum absolute atomic E-state index is 12.6. The van der Waals surface area contributed by atoms with Crippen LogP contribution in [-0.2, 0) is 4.79 Å². The van der Waals surface area contributed by atoms with Gasteiger partial charge in [0.1, 0.15) is 0 Å². The van der Waals surface area contributed by atoms with Crippen molar-refractivity contribution in [2.24, 2.45) is 0 Å². The lowest BCUT2D eigenvalue weighted by molar-refractivity contribution is -0.384. The van der Waals surface area contributed by atoms with Crippen molar-refractivity contribution in [1.29, 1.82) is 0 Å². The number of anilines is 1. The third-order valence-corrected chi connectivity index (χ3v) is 5.54. The van der Waals surface area contributed by atoms with Crippen molar-refractivity contribution in [3.63, 3.8) is 0 Å². The van der Waals surface area contributed by atoms with Crippen molar-refractivity contribution < 1.29 is 14.5 Å². The Kier molecular flexibility index (Phi) is 6.37. The molecule has 1 aromatic heterocycles. The van der Waals surface area contributed by atoms with E-state index >= 15 is 0 Å². The number of nitro benzene ring substituents is 1. The third-order valence-electron chi connectivity index (χ3n) is 4.86. The first-order chi connectivity index (χ1) is 13.5. The summed E-state index contributed by atoms with van der Waals surface area (Å²) in [4.78, 5) is 39.2. The summed E-state index contributed by atoms with van der Waals surface area (Å²) in [5.41, 5.74) is 1.21. The first-order valence-electron chi connectivity index (χ1n) is 9.06. The number of amides is 2. The SMILES string of the molecule is CC(C(=O)Nc1ccc([N+](=O)[O-])cc1)N1CCCN(C(=O)c2ccsc2)CC1. The fraction of sp³-hybridized carbons (Fsp3) is 0.368. The molecule has 2 aromatic rings. The molecule has 1 aliphatic rings. The first-order valence-corrected chi connectivity index (χ1v) is 10.0. The topological polar surface area (TPSA) is 95.8 Å². The van der Waals surface area contributed by atoms with Crippen molar-refractivity contribution in [1.82, 2.24) is 9.80 Å². The first kappa shape index (κ1) is 20.0. The average Bonchev–Trinajstić information content (AvgIpc) is 3.12. The van der Waals surface area contributed by atoms with Crippen LogP contribution in [0.1, 0.15) is 23.7 Å². The molecule has 0 saturated carbocycles. The van der Waals surface area contributed by atoms with Gasteiger partial charge in [-0.05, 0) is 36.9 Å². The molecule has 3 rings (SSSR count). The standard InChI is InChI=1S/C19H22N4O4S/c1-14(18(24)20-16-3-5-17(6-4-16)23(26)27)21-8-2-9-22(11-10-21)19(25)15-7-12-28-13-15/h3-7,12-14H,2,8-11H2,1H3,(H,20,24). The van der Waals surface area contributed by atoms with Crippen molar-refractivity contribution in [3.8, 4) is 0 Å². The van der Waals surface area contributed by atoms with Gasteiger partial charge >= 0.3 is 0 Å². The molecule has 0 bridgehead atoms. The van der Waals surface area contributed by atoms with Gasteiger partial charge in [0.25, 0.3) is 11.6 Å². The van der Waals surface area contributed by atoms with Crippen molar-refractivity contribution in [2.75, 3.05) is 31.5 Å². The highest BCUT2D eigenvalue weighted by atomic mass is 32.1. The second kappa shape index (κ2) is 8.94. The Labute approximate surface area is 166 Å². The number of benzene rings is 1. The van der Waals surface area contributed by atoms with Gasteiger partial charge in [-0.3, -0.25) is 24.6 Å². The third kappa shape index (κ3) is 4.73. The molecule has 1 saturated heterocycles. The fourth-order valence-corrected chi connectivity index (χ4v) is 3.81. The van der Waals surface area contributed by atoms with E-state index in [1.165, 1.54) is 35.6 Å². The van der Waals surface area contributed by atoms with Gasteiger partial charge in [-0.15, -0.1) is 0 Å². The molecule has 1 atom stereocenters. The van der Waals surface area contributed by atoms with E-state index < -0.39 is 4.92 Å². The maximum Gasteiger partial charge on any atom is 0.269 e. The van der Waals surface area contributed by atoms with E-state index in [-0.39, 0.29) is 23.5 Å². The zero-order valence-corrected chi connectivity index (χ0v) is 16.4. The number of nitrogens with zero attached hydrogens (tertiary/aromatic N) is 3. The van der Waals surface area contributed by atoms with Gasteiger partial charge in [-0.25, -0.2) is 0 Å². The Morgan fingerprint density at radius 1 is 1.14 bits per heavy atom. The number of hydrogen-bond acceptors (Lipinski definition) is 6. The predicted octanol–water partition coefficient (Wildman–Crippen LogP) is 2.83. The maximum atomic E-state index is 12.6. The number of nitrogens with one attached hydrogen (secondary N) is 1. The Morgan fingerprint density at radius 3 is 2.54 bits per heavy atom. The van der Waals surface area contributed by atoms with E-state index in [2.05, 4.69) is 10.2 Å². The lowest BCUT2D eigenvalue weighted by atomic mass is 10.2. The molecular weight excluding hydrogens is 380 g/mol. The highest BCUT2D eigenvalue weighted by molar-refractivity contribution is 7.08. The smallest absolute Gasteiger partial charge is 0.269 e. The monoisotopic (exact) mass is 402 g/mol. The van der Waals surface area contributed by atoms with Crippen LogP contribution < -0.4 is 5.32 Å². The quantitative estimate of drug-likeness (QED) is 0.613. The fourth-order valence-electron chi connectivity index (χ4n) is 3.18. The number of carbonyl (C=O) groups excluding carboxylic acids is 2. The molecule has 0 radical (unpaired) electrons. The number of nitro groups is 1. The summed E-state index contributed by atoms with van der Waals surface area (Å²) in [6, 6.07) is 7.22. The van der Waals surface area contributed by atoms with Crippen molar-refractivity contribution in [2.45, 2.75) is 19.4 Å². The van der Waals surface area contributed by atoms with E-state index in [1.807, 2.05) is 28.7 Å². The molecule has 1 N–H and O–H groups in total. The Morgan fingerprint density at radius 2 is 1.89 bits per heavy atom. The Hall–Kier alpha value is -2.78. The van der Waals surface area contributed by atoms with E-state index in [4.69, 9.17) is 0 Å². The van der Waals surface area contributed by atoms with Gasteiger partial charge in [0, 0.05) is 49.4 Å². The molecule has 1 unspecified atom stereocenters. The van der Waals surface area contributed by atoms with E-state index in [1.54, 1.807) is 0 Å². The molecule has 1 fully saturated rings. The van der Waals surface area contributed by atoms with Crippen LogP contribution >= 0.6 is 11.3 Å². The molecular formula is C19H22N4O4S. The summed E-state index contributed by atoms with van der Waals surface area (Å²) in [6.07, 6.45) is 0.797. The van der Waals surface area contributed by atoms with E-state index in [0.717, 1.165) is 13.0 Å². The zero-order chi connectivity index (χ0) is 20.1.